The number of halogens is 2. The van der Waals surface area contributed by atoms with Gasteiger partial charge in [-0.3, -0.25) is 14.5 Å². The molecule has 1 spiro atoms. The highest BCUT2D eigenvalue weighted by Crippen LogP contribution is 2.36. The van der Waals surface area contributed by atoms with Crippen LogP contribution in [-0.4, -0.2) is 78.8 Å². The van der Waals surface area contributed by atoms with Gasteiger partial charge in [-0.1, -0.05) is 38.7 Å². The van der Waals surface area contributed by atoms with E-state index < -0.39 is 17.7 Å². The van der Waals surface area contributed by atoms with Crippen molar-refractivity contribution in [2.45, 2.75) is 103 Å². The van der Waals surface area contributed by atoms with Crippen molar-refractivity contribution in [3.63, 3.8) is 0 Å². The number of amides is 2. The van der Waals surface area contributed by atoms with Gasteiger partial charge in [0, 0.05) is 43.6 Å². The molecular formula is C30H46Cl2N6O3. The van der Waals surface area contributed by atoms with Crippen LogP contribution in [0.2, 0.25) is 0 Å². The van der Waals surface area contributed by atoms with E-state index in [-0.39, 0.29) is 42.5 Å². The van der Waals surface area contributed by atoms with Crippen LogP contribution >= 0.6 is 24.8 Å². The first-order valence-electron chi connectivity index (χ1n) is 14.8. The number of piperidine rings is 1. The first kappa shape index (κ1) is 33.3. The number of likely N-dealkylation sites (tertiary alicyclic amines) is 1. The van der Waals surface area contributed by atoms with E-state index in [4.69, 9.17) is 5.10 Å². The summed E-state index contributed by atoms with van der Waals surface area (Å²) in [6.07, 6.45) is 9.12. The summed E-state index contributed by atoms with van der Waals surface area (Å²) < 4.78 is 1.90. The number of rotatable bonds is 8. The molecule has 1 aliphatic carbocycles. The fourth-order valence-electron chi connectivity index (χ4n) is 6.87. The number of unbranched alkanes of at least 4 members (excludes halogenated alkanes) is 1. The summed E-state index contributed by atoms with van der Waals surface area (Å²) in [5, 5.41) is 18.9. The van der Waals surface area contributed by atoms with E-state index in [0.29, 0.717) is 32.5 Å². The van der Waals surface area contributed by atoms with Crippen molar-refractivity contribution >= 4 is 36.6 Å². The van der Waals surface area contributed by atoms with E-state index in [9.17, 15) is 14.7 Å². The molecule has 0 unspecified atom stereocenters. The second-order valence-corrected chi connectivity index (χ2v) is 11.7. The molecule has 0 aromatic carbocycles. The van der Waals surface area contributed by atoms with E-state index in [2.05, 4.69) is 29.0 Å². The van der Waals surface area contributed by atoms with Crippen molar-refractivity contribution in [3.05, 3.63) is 41.3 Å². The second kappa shape index (κ2) is 14.3. The van der Waals surface area contributed by atoms with Gasteiger partial charge in [0.1, 0.15) is 11.6 Å². The van der Waals surface area contributed by atoms with Crippen LogP contribution in [0.1, 0.15) is 81.7 Å². The molecule has 3 fully saturated rings. The summed E-state index contributed by atoms with van der Waals surface area (Å²) >= 11 is 0. The molecule has 228 valence electrons. The highest BCUT2D eigenvalue weighted by atomic mass is 35.5. The highest BCUT2D eigenvalue weighted by Gasteiger charge is 2.55. The zero-order chi connectivity index (χ0) is 27.6. The molecule has 9 nitrogen and oxygen atoms in total. The zero-order valence-corrected chi connectivity index (χ0v) is 26.2. The van der Waals surface area contributed by atoms with Crippen molar-refractivity contribution in [2.75, 3.05) is 19.6 Å². The Kier molecular flexibility index (Phi) is 11.6. The second-order valence-electron chi connectivity index (χ2n) is 11.7. The standard InChI is InChI=1S/C30H44N6O3.2ClH/c1-4-5-17-35-28(38)26(27(37)23-11-7-6-8-12-23)32-29(39)30(35)14-18-34(19-15-30)20-24-21(2)33-36(22(24)3)25-13-9-10-16-31-25;;/h9-10,13,16,23,26-27,37H,4-8,11-12,14-15,17-20H2,1-3H3,(H,32,39);2*1H/t26-,27-;;/m1../s1. The van der Waals surface area contributed by atoms with Gasteiger partial charge < -0.3 is 15.3 Å². The maximum absolute atomic E-state index is 13.9. The molecule has 11 heteroatoms. The van der Waals surface area contributed by atoms with Gasteiger partial charge in [-0.15, -0.1) is 24.8 Å². The number of nitrogens with one attached hydrogen (secondary N) is 1. The largest absolute Gasteiger partial charge is 0.390 e. The minimum absolute atomic E-state index is 0. The maximum atomic E-state index is 13.9. The Morgan fingerprint density at radius 1 is 1.10 bits per heavy atom. The fourth-order valence-corrected chi connectivity index (χ4v) is 6.87. The lowest BCUT2D eigenvalue weighted by Crippen LogP contribution is -2.75. The maximum Gasteiger partial charge on any atom is 0.248 e. The third kappa shape index (κ3) is 6.58. The third-order valence-electron chi connectivity index (χ3n) is 9.34. The third-order valence-corrected chi connectivity index (χ3v) is 9.34. The van der Waals surface area contributed by atoms with E-state index in [0.717, 1.165) is 62.3 Å². The van der Waals surface area contributed by atoms with Crippen molar-refractivity contribution in [1.82, 2.24) is 29.9 Å². The average Bonchev–Trinajstić information content (AvgIpc) is 3.25. The molecule has 2 aromatic heterocycles. The van der Waals surface area contributed by atoms with Gasteiger partial charge in [0.05, 0.1) is 11.8 Å². The summed E-state index contributed by atoms with van der Waals surface area (Å²) in [5.74, 6) is 0.692. The molecule has 0 bridgehead atoms. The Balaban J connectivity index is 0.00000231. The normalized spacial score (nSPS) is 22.1. The molecule has 2 aromatic rings. The van der Waals surface area contributed by atoms with Crippen LogP contribution in [0.15, 0.2) is 24.4 Å². The topological polar surface area (TPSA) is 104 Å². The number of aliphatic hydroxyl groups is 1. The summed E-state index contributed by atoms with van der Waals surface area (Å²) in [5.41, 5.74) is 2.39. The van der Waals surface area contributed by atoms with E-state index in [1.807, 2.05) is 34.7 Å². The predicted octanol–water partition coefficient (Wildman–Crippen LogP) is 4.13. The number of nitrogens with zero attached hydrogens (tertiary/aromatic N) is 5. The molecule has 2 atom stereocenters. The minimum Gasteiger partial charge on any atom is -0.390 e. The van der Waals surface area contributed by atoms with Gasteiger partial charge in [-0.2, -0.15) is 5.10 Å². The van der Waals surface area contributed by atoms with Crippen LogP contribution < -0.4 is 5.32 Å². The molecule has 2 aliphatic heterocycles. The van der Waals surface area contributed by atoms with Gasteiger partial charge >= 0.3 is 0 Å². The summed E-state index contributed by atoms with van der Waals surface area (Å²) in [6, 6.07) is 4.98. The van der Waals surface area contributed by atoms with Crippen LogP contribution in [-0.2, 0) is 16.1 Å². The van der Waals surface area contributed by atoms with Gasteiger partial charge in [-0.05, 0) is 64.0 Å². The number of hydrogen-bond acceptors (Lipinski definition) is 6. The van der Waals surface area contributed by atoms with Gasteiger partial charge in [0.25, 0.3) is 0 Å². The first-order valence-corrected chi connectivity index (χ1v) is 14.8. The fraction of sp³-hybridized carbons (Fsp3) is 0.667. The number of aryl methyl sites for hydroxylation is 1. The van der Waals surface area contributed by atoms with Crippen LogP contribution in [0.4, 0.5) is 0 Å². The van der Waals surface area contributed by atoms with Crippen LogP contribution in [0.25, 0.3) is 5.82 Å². The molecule has 2 N–H and O–H groups in total. The molecule has 2 saturated heterocycles. The Labute approximate surface area is 256 Å². The number of piperazine rings is 1. The quantitative estimate of drug-likeness (QED) is 0.467. The zero-order valence-electron chi connectivity index (χ0n) is 24.6. The molecule has 4 heterocycles. The van der Waals surface area contributed by atoms with E-state index in [1.54, 1.807) is 6.20 Å². The Bertz CT molecular complexity index is 1160. The molecule has 5 rings (SSSR count). The van der Waals surface area contributed by atoms with E-state index in [1.165, 1.54) is 12.0 Å². The molecule has 3 aliphatic rings. The number of hydrogen-bond donors (Lipinski definition) is 2. The average molecular weight is 610 g/mol. The number of aliphatic hydroxyl groups excluding tert-OH is 1. The molecular weight excluding hydrogens is 563 g/mol. The van der Waals surface area contributed by atoms with Crippen molar-refractivity contribution in [1.29, 1.82) is 0 Å². The predicted molar refractivity (Wildman–Crippen MR) is 164 cm³/mol. The first-order chi connectivity index (χ1) is 18.9. The number of carbonyl (C=O) groups excluding carboxylic acids is 2. The monoisotopic (exact) mass is 608 g/mol. The number of pyridine rings is 1. The molecule has 2 amide bonds. The molecule has 1 saturated carbocycles. The van der Waals surface area contributed by atoms with Gasteiger partial charge in [0.2, 0.25) is 11.8 Å². The minimum atomic E-state index is -0.840. The summed E-state index contributed by atoms with van der Waals surface area (Å²) in [7, 11) is 0. The van der Waals surface area contributed by atoms with Crippen molar-refractivity contribution in [3.8, 4) is 5.82 Å². The lowest BCUT2D eigenvalue weighted by Gasteiger charge is -2.52. The Morgan fingerprint density at radius 3 is 2.44 bits per heavy atom. The van der Waals surface area contributed by atoms with Gasteiger partial charge in [0.15, 0.2) is 5.82 Å². The van der Waals surface area contributed by atoms with Crippen LogP contribution in [0, 0.1) is 19.8 Å². The summed E-state index contributed by atoms with van der Waals surface area (Å²) in [6.45, 7) is 8.95. The Morgan fingerprint density at radius 2 is 1.80 bits per heavy atom. The lowest BCUT2D eigenvalue weighted by molar-refractivity contribution is -0.166. The van der Waals surface area contributed by atoms with Crippen LogP contribution in [0.3, 0.4) is 0 Å². The Hall–Kier alpha value is -2.20. The SMILES string of the molecule is CCCCN1C(=O)[C@@H]([C@H](O)C2CCCCC2)NC(=O)C12CCN(Cc1c(C)nn(-c3ccccn3)c1C)CC2.Cl.Cl. The smallest absolute Gasteiger partial charge is 0.248 e. The number of carbonyl (C=O) groups is 2. The summed E-state index contributed by atoms with van der Waals surface area (Å²) in [4.78, 5) is 36.3. The molecule has 0 radical (unpaired) electrons. The van der Waals surface area contributed by atoms with Crippen LogP contribution in [0.5, 0.6) is 0 Å². The molecule has 41 heavy (non-hydrogen) atoms. The van der Waals surface area contributed by atoms with Crippen molar-refractivity contribution < 1.29 is 14.7 Å². The van der Waals surface area contributed by atoms with E-state index >= 15 is 0 Å². The van der Waals surface area contributed by atoms with Crippen molar-refractivity contribution in [2.24, 2.45) is 5.92 Å². The lowest BCUT2D eigenvalue weighted by atomic mass is 9.78. The number of aromatic nitrogens is 3. The van der Waals surface area contributed by atoms with Gasteiger partial charge in [-0.25, -0.2) is 9.67 Å². The highest BCUT2D eigenvalue weighted by molar-refractivity contribution is 6.00.